The Labute approximate surface area is 99.3 Å². The molecule has 2 bridgehead atoms. The number of amides is 1. The molecule has 82 valence electrons. The van der Waals surface area contributed by atoms with Crippen molar-refractivity contribution in [1.82, 2.24) is 0 Å². The minimum atomic E-state index is -0.0163. The Hall–Kier alpha value is -2.09. The highest BCUT2D eigenvalue weighted by Gasteiger charge is 2.43. The van der Waals surface area contributed by atoms with Crippen LogP contribution < -0.4 is 5.32 Å². The molecule has 2 aromatic rings. The van der Waals surface area contributed by atoms with E-state index in [1.807, 2.05) is 24.3 Å². The third kappa shape index (κ3) is 1.07. The van der Waals surface area contributed by atoms with Gasteiger partial charge in [0.15, 0.2) is 0 Å². The summed E-state index contributed by atoms with van der Waals surface area (Å²) >= 11 is 0. The Bertz CT molecular complexity index is 618. The summed E-state index contributed by atoms with van der Waals surface area (Å²) in [6.45, 7) is 0. The maximum Gasteiger partial charge on any atom is 0.232 e. The van der Waals surface area contributed by atoms with Crippen LogP contribution in [0.4, 0.5) is 5.69 Å². The van der Waals surface area contributed by atoms with E-state index < -0.39 is 0 Å². The quantitative estimate of drug-likeness (QED) is 0.788. The maximum absolute atomic E-state index is 12.0. The summed E-state index contributed by atoms with van der Waals surface area (Å²) in [5, 5.41) is 2.95. The monoisotopic (exact) mass is 221 g/mol. The number of benzene rings is 2. The van der Waals surface area contributed by atoms with E-state index in [1.54, 1.807) is 0 Å². The molecular formula is C15H11NO. The molecule has 0 aromatic heterocycles. The van der Waals surface area contributed by atoms with Crippen LogP contribution >= 0.6 is 0 Å². The molecule has 0 saturated heterocycles. The summed E-state index contributed by atoms with van der Waals surface area (Å²) in [7, 11) is 0. The highest BCUT2D eigenvalue weighted by molar-refractivity contribution is 6.05. The minimum Gasteiger partial charge on any atom is -0.325 e. The predicted molar refractivity (Wildman–Crippen MR) is 66.1 cm³/mol. The van der Waals surface area contributed by atoms with E-state index in [0.717, 1.165) is 5.69 Å². The molecule has 2 aromatic carbocycles. The summed E-state index contributed by atoms with van der Waals surface area (Å²) in [4.78, 5) is 12.0. The van der Waals surface area contributed by atoms with Crippen molar-refractivity contribution in [3.8, 4) is 0 Å². The number of hydrogen-bond donors (Lipinski definition) is 1. The van der Waals surface area contributed by atoms with Crippen molar-refractivity contribution in [2.45, 2.75) is 11.8 Å². The average molecular weight is 221 g/mol. The van der Waals surface area contributed by atoms with Gasteiger partial charge in [-0.1, -0.05) is 42.5 Å². The lowest BCUT2D eigenvalue weighted by Crippen LogP contribution is -2.18. The van der Waals surface area contributed by atoms with Crippen LogP contribution in [0.15, 0.2) is 48.5 Å². The normalized spacial score (nSPS) is 23.9. The van der Waals surface area contributed by atoms with Gasteiger partial charge in [0.05, 0.1) is 5.92 Å². The Kier molecular flexibility index (Phi) is 1.57. The van der Waals surface area contributed by atoms with Gasteiger partial charge in [-0.15, -0.1) is 0 Å². The molecular weight excluding hydrogens is 210 g/mol. The fourth-order valence-electron chi connectivity index (χ4n) is 3.07. The second kappa shape index (κ2) is 2.98. The number of fused-ring (bicyclic) bond motifs is 1. The van der Waals surface area contributed by atoms with E-state index >= 15 is 0 Å². The number of nitrogens with one attached hydrogen (secondary N) is 1. The Morgan fingerprint density at radius 2 is 1.71 bits per heavy atom. The zero-order valence-corrected chi connectivity index (χ0v) is 9.18. The second-order valence-corrected chi connectivity index (χ2v) is 4.70. The highest BCUT2D eigenvalue weighted by Crippen LogP contribution is 2.51. The van der Waals surface area contributed by atoms with Crippen molar-refractivity contribution in [1.29, 1.82) is 0 Å². The van der Waals surface area contributed by atoms with Crippen LogP contribution in [0.1, 0.15) is 28.5 Å². The van der Waals surface area contributed by atoms with Crippen LogP contribution in [0.25, 0.3) is 0 Å². The van der Waals surface area contributed by atoms with Gasteiger partial charge in [-0.2, -0.15) is 0 Å². The van der Waals surface area contributed by atoms with Crippen molar-refractivity contribution in [3.63, 3.8) is 0 Å². The van der Waals surface area contributed by atoms with Gasteiger partial charge in [0, 0.05) is 11.6 Å². The van der Waals surface area contributed by atoms with Gasteiger partial charge >= 0.3 is 0 Å². The lowest BCUT2D eigenvalue weighted by Gasteiger charge is -2.17. The molecule has 2 aliphatic rings. The second-order valence-electron chi connectivity index (χ2n) is 4.70. The molecule has 2 heteroatoms. The Balaban J connectivity index is 1.92. The third-order valence-corrected chi connectivity index (χ3v) is 3.80. The van der Waals surface area contributed by atoms with E-state index in [9.17, 15) is 4.79 Å². The van der Waals surface area contributed by atoms with Crippen LogP contribution in [0, 0.1) is 0 Å². The van der Waals surface area contributed by atoms with Gasteiger partial charge in [-0.25, -0.2) is 0 Å². The number of carbonyl (C=O) groups is 1. The molecule has 0 fully saturated rings. The van der Waals surface area contributed by atoms with E-state index in [1.165, 1.54) is 16.7 Å². The van der Waals surface area contributed by atoms with Gasteiger partial charge in [0.25, 0.3) is 0 Å². The molecule has 2 unspecified atom stereocenters. The minimum absolute atomic E-state index is 0.0163. The third-order valence-electron chi connectivity index (χ3n) is 3.80. The molecule has 1 heterocycles. The average Bonchev–Trinajstić information content (AvgIpc) is 2.83. The highest BCUT2D eigenvalue weighted by atomic mass is 16.2. The van der Waals surface area contributed by atoms with E-state index in [0.29, 0.717) is 0 Å². The maximum atomic E-state index is 12.0. The summed E-state index contributed by atoms with van der Waals surface area (Å²) < 4.78 is 0. The van der Waals surface area contributed by atoms with Crippen LogP contribution in [-0.2, 0) is 4.79 Å². The first-order valence-corrected chi connectivity index (χ1v) is 5.84. The standard InChI is InChI=1S/C15H11NO/c17-15-14-11-8-10(6-7-12(11)16-15)13(14)9-4-2-1-3-5-9/h1-8,13-14H,(H,16,17). The molecule has 0 saturated carbocycles. The van der Waals surface area contributed by atoms with Gasteiger partial charge in [0.1, 0.15) is 0 Å². The number of rotatable bonds is 1. The predicted octanol–water partition coefficient (Wildman–Crippen LogP) is 2.87. The number of anilines is 1. The molecule has 2 nitrogen and oxygen atoms in total. The smallest absolute Gasteiger partial charge is 0.232 e. The first kappa shape index (κ1) is 8.99. The van der Waals surface area contributed by atoms with E-state index in [2.05, 4.69) is 29.6 Å². The summed E-state index contributed by atoms with van der Waals surface area (Å²) in [6.07, 6.45) is 0. The fourth-order valence-corrected chi connectivity index (χ4v) is 3.07. The van der Waals surface area contributed by atoms with Crippen LogP contribution in [0.5, 0.6) is 0 Å². The molecule has 0 spiro atoms. The molecule has 1 aliphatic heterocycles. The fraction of sp³-hybridized carbons (Fsp3) is 0.133. The Morgan fingerprint density at radius 1 is 0.882 bits per heavy atom. The number of carbonyl (C=O) groups excluding carboxylic acids is 1. The van der Waals surface area contributed by atoms with Crippen molar-refractivity contribution in [3.05, 3.63) is 65.2 Å². The molecule has 2 atom stereocenters. The van der Waals surface area contributed by atoms with Gasteiger partial charge < -0.3 is 5.32 Å². The largest absolute Gasteiger partial charge is 0.325 e. The van der Waals surface area contributed by atoms with Gasteiger partial charge in [0.2, 0.25) is 5.91 Å². The van der Waals surface area contributed by atoms with E-state index in [4.69, 9.17) is 0 Å². The van der Waals surface area contributed by atoms with Crippen LogP contribution in [0.3, 0.4) is 0 Å². The van der Waals surface area contributed by atoms with Crippen molar-refractivity contribution in [2.75, 3.05) is 5.32 Å². The van der Waals surface area contributed by atoms with Crippen molar-refractivity contribution in [2.24, 2.45) is 0 Å². The van der Waals surface area contributed by atoms with Gasteiger partial charge in [-0.05, 0) is 22.8 Å². The lowest BCUT2D eigenvalue weighted by atomic mass is 9.85. The summed E-state index contributed by atoms with van der Waals surface area (Å²) in [6, 6.07) is 16.6. The van der Waals surface area contributed by atoms with Crippen molar-refractivity contribution < 1.29 is 4.79 Å². The lowest BCUT2D eigenvalue weighted by molar-refractivity contribution is -0.117. The van der Waals surface area contributed by atoms with Crippen molar-refractivity contribution >= 4 is 11.6 Å². The zero-order valence-electron chi connectivity index (χ0n) is 9.18. The summed E-state index contributed by atoms with van der Waals surface area (Å²) in [5.74, 6) is 0.319. The SMILES string of the molecule is O=C1Nc2ccc3cc2C1C3c1ccccc1. The van der Waals surface area contributed by atoms with Crippen LogP contribution in [-0.4, -0.2) is 5.91 Å². The number of hydrogen-bond acceptors (Lipinski definition) is 1. The summed E-state index contributed by atoms with van der Waals surface area (Å²) in [5.41, 5.74) is 4.64. The molecule has 4 rings (SSSR count). The molecule has 0 radical (unpaired) electrons. The zero-order chi connectivity index (χ0) is 11.4. The molecule has 1 amide bonds. The van der Waals surface area contributed by atoms with Gasteiger partial charge in [-0.3, -0.25) is 4.79 Å². The molecule has 17 heavy (non-hydrogen) atoms. The van der Waals surface area contributed by atoms with E-state index in [-0.39, 0.29) is 17.7 Å². The first-order chi connectivity index (χ1) is 8.34. The topological polar surface area (TPSA) is 29.1 Å². The first-order valence-electron chi connectivity index (χ1n) is 5.84. The molecule has 1 aliphatic carbocycles. The van der Waals surface area contributed by atoms with Crippen LogP contribution in [0.2, 0.25) is 0 Å². The Morgan fingerprint density at radius 3 is 2.53 bits per heavy atom. The molecule has 1 N–H and O–H groups in total.